The Morgan fingerprint density at radius 3 is 2.74 bits per heavy atom. The number of aromatic nitrogens is 3. The Morgan fingerprint density at radius 1 is 1.22 bits per heavy atom. The Kier molecular flexibility index (Phi) is 4.97. The van der Waals surface area contributed by atoms with E-state index in [0.29, 0.717) is 11.9 Å². The Labute approximate surface area is 143 Å². The molecule has 2 aromatic heterocycles. The Balaban J connectivity index is 1.67. The van der Waals surface area contributed by atoms with E-state index in [1.54, 1.807) is 23.1 Å². The van der Waals surface area contributed by atoms with Gasteiger partial charge in [0.2, 0.25) is 11.0 Å². The van der Waals surface area contributed by atoms with Gasteiger partial charge in [0.15, 0.2) is 4.34 Å². The van der Waals surface area contributed by atoms with E-state index in [1.807, 2.05) is 37.3 Å². The van der Waals surface area contributed by atoms with Gasteiger partial charge in [-0.2, -0.15) is 0 Å². The summed E-state index contributed by atoms with van der Waals surface area (Å²) in [4.78, 5) is 4.60. The second-order valence-corrected chi connectivity index (χ2v) is 7.55. The van der Waals surface area contributed by atoms with Crippen LogP contribution in [0.25, 0.3) is 11.5 Å². The van der Waals surface area contributed by atoms with Crippen LogP contribution in [0.3, 0.4) is 0 Å². The van der Waals surface area contributed by atoms with Gasteiger partial charge in [-0.1, -0.05) is 41.3 Å². The molecule has 0 atom stereocenters. The van der Waals surface area contributed by atoms with Gasteiger partial charge < -0.3 is 9.73 Å². The van der Waals surface area contributed by atoms with Crippen LogP contribution in [0.2, 0.25) is 0 Å². The average Bonchev–Trinajstić information content (AvgIpc) is 3.12. The number of hydrogen-bond donors (Lipinski definition) is 1. The predicted molar refractivity (Wildman–Crippen MR) is 94.9 cm³/mol. The predicted octanol–water partition coefficient (Wildman–Crippen LogP) is 4.61. The highest BCUT2D eigenvalue weighted by atomic mass is 32.2. The number of thioether (sulfide) groups is 1. The first-order valence-corrected chi connectivity index (χ1v) is 9.16. The molecule has 23 heavy (non-hydrogen) atoms. The van der Waals surface area contributed by atoms with E-state index in [4.69, 9.17) is 4.42 Å². The zero-order valence-electron chi connectivity index (χ0n) is 13.2. The summed E-state index contributed by atoms with van der Waals surface area (Å²) in [6, 6.07) is 10.3. The molecule has 1 aromatic carbocycles. The lowest BCUT2D eigenvalue weighted by Gasteiger charge is -2.02. The van der Waals surface area contributed by atoms with Crippen LogP contribution in [0, 0.1) is 6.92 Å². The van der Waals surface area contributed by atoms with E-state index in [1.165, 1.54) is 0 Å². The van der Waals surface area contributed by atoms with Crippen molar-refractivity contribution in [2.24, 2.45) is 0 Å². The van der Waals surface area contributed by atoms with Crippen LogP contribution in [0.4, 0.5) is 5.13 Å². The molecule has 2 heterocycles. The average molecular weight is 346 g/mol. The molecule has 1 N–H and O–H groups in total. The van der Waals surface area contributed by atoms with Crippen molar-refractivity contribution >= 4 is 28.2 Å². The number of nitrogens with one attached hydrogen (secondary N) is 1. The van der Waals surface area contributed by atoms with Gasteiger partial charge >= 0.3 is 0 Å². The molecule has 0 saturated carbocycles. The number of nitrogens with zero attached hydrogens (tertiary/aromatic N) is 3. The largest absolute Gasteiger partial charge is 0.441 e. The highest BCUT2D eigenvalue weighted by Gasteiger charge is 2.13. The van der Waals surface area contributed by atoms with E-state index < -0.39 is 0 Å². The number of rotatable bonds is 6. The van der Waals surface area contributed by atoms with Crippen molar-refractivity contribution in [1.82, 2.24) is 15.2 Å². The molecule has 7 heteroatoms. The van der Waals surface area contributed by atoms with Gasteiger partial charge in [0.1, 0.15) is 5.76 Å². The molecule has 0 radical (unpaired) electrons. The second kappa shape index (κ2) is 7.14. The molecule has 120 valence electrons. The second-order valence-electron chi connectivity index (χ2n) is 5.35. The van der Waals surface area contributed by atoms with Crippen LogP contribution in [0.15, 0.2) is 39.1 Å². The molecule has 0 amide bonds. The molecule has 0 unspecified atom stereocenters. The van der Waals surface area contributed by atoms with E-state index in [-0.39, 0.29) is 0 Å². The molecule has 5 nitrogen and oxygen atoms in total. The van der Waals surface area contributed by atoms with Crippen LogP contribution < -0.4 is 5.32 Å². The summed E-state index contributed by atoms with van der Waals surface area (Å²) in [7, 11) is 0. The van der Waals surface area contributed by atoms with Crippen LogP contribution in [0.1, 0.15) is 25.3 Å². The Hall–Kier alpha value is -1.86. The molecule has 0 fully saturated rings. The van der Waals surface area contributed by atoms with Gasteiger partial charge in [0, 0.05) is 17.4 Å². The number of benzene rings is 1. The third-order valence-corrected chi connectivity index (χ3v) is 5.06. The Morgan fingerprint density at radius 2 is 2.00 bits per heavy atom. The van der Waals surface area contributed by atoms with Crippen molar-refractivity contribution in [3.8, 4) is 11.5 Å². The third-order valence-electron chi connectivity index (χ3n) is 3.06. The number of hydrogen-bond acceptors (Lipinski definition) is 7. The first-order valence-electron chi connectivity index (χ1n) is 7.36. The minimum absolute atomic E-state index is 0.354. The lowest BCUT2D eigenvalue weighted by Crippen LogP contribution is -2.08. The quantitative estimate of drug-likeness (QED) is 0.657. The lowest BCUT2D eigenvalue weighted by molar-refractivity contribution is 0.540. The number of aryl methyl sites for hydroxylation is 1. The highest BCUT2D eigenvalue weighted by Crippen LogP contribution is 2.30. The van der Waals surface area contributed by atoms with Gasteiger partial charge in [0.05, 0.1) is 5.69 Å². The van der Waals surface area contributed by atoms with E-state index >= 15 is 0 Å². The van der Waals surface area contributed by atoms with Crippen molar-refractivity contribution in [3.63, 3.8) is 0 Å². The van der Waals surface area contributed by atoms with Gasteiger partial charge in [0.25, 0.3) is 0 Å². The monoisotopic (exact) mass is 346 g/mol. The van der Waals surface area contributed by atoms with Crippen LogP contribution in [0.5, 0.6) is 0 Å². The van der Waals surface area contributed by atoms with Crippen LogP contribution in [-0.2, 0) is 5.75 Å². The fraction of sp³-hybridized carbons (Fsp3) is 0.312. The molecule has 0 aliphatic rings. The van der Waals surface area contributed by atoms with Gasteiger partial charge in [-0.15, -0.1) is 10.2 Å². The molecular weight excluding hydrogens is 328 g/mol. The lowest BCUT2D eigenvalue weighted by atomic mass is 10.2. The molecular formula is C16H18N4OS2. The molecule has 0 bridgehead atoms. The summed E-state index contributed by atoms with van der Waals surface area (Å²) >= 11 is 3.19. The SMILES string of the molecule is Cc1oc(-c2ccccc2)nc1CSc1nnc(NC(C)C)s1. The van der Waals surface area contributed by atoms with Crippen molar-refractivity contribution in [2.75, 3.05) is 5.32 Å². The topological polar surface area (TPSA) is 63.8 Å². The fourth-order valence-corrected chi connectivity index (χ4v) is 3.87. The highest BCUT2D eigenvalue weighted by molar-refractivity contribution is 8.00. The molecule has 3 rings (SSSR count). The smallest absolute Gasteiger partial charge is 0.226 e. The standard InChI is InChI=1S/C16H18N4OS2/c1-10(2)17-15-19-20-16(23-15)22-9-13-11(3)21-14(18-13)12-7-5-4-6-8-12/h4-8,10H,9H2,1-3H3,(H,17,19). The van der Waals surface area contributed by atoms with Crippen molar-refractivity contribution in [3.05, 3.63) is 41.8 Å². The number of anilines is 1. The molecule has 0 spiro atoms. The Bertz CT molecular complexity index is 767. The van der Waals surface area contributed by atoms with Gasteiger partial charge in [-0.3, -0.25) is 0 Å². The third kappa shape index (κ3) is 4.11. The van der Waals surface area contributed by atoms with E-state index in [9.17, 15) is 0 Å². The summed E-state index contributed by atoms with van der Waals surface area (Å²) in [5.41, 5.74) is 1.94. The minimum Gasteiger partial charge on any atom is -0.441 e. The maximum atomic E-state index is 5.78. The molecule has 0 aliphatic heterocycles. The normalized spacial score (nSPS) is 11.1. The summed E-state index contributed by atoms with van der Waals surface area (Å²) in [6.07, 6.45) is 0. The number of oxazole rings is 1. The molecule has 0 saturated heterocycles. The summed E-state index contributed by atoms with van der Waals surface area (Å²) in [5, 5.41) is 12.4. The van der Waals surface area contributed by atoms with Gasteiger partial charge in [-0.25, -0.2) is 4.98 Å². The fourth-order valence-electron chi connectivity index (χ4n) is 1.97. The van der Waals surface area contributed by atoms with Crippen molar-refractivity contribution in [2.45, 2.75) is 36.9 Å². The van der Waals surface area contributed by atoms with Crippen LogP contribution in [-0.4, -0.2) is 21.2 Å². The zero-order valence-corrected chi connectivity index (χ0v) is 14.9. The molecule has 3 aromatic rings. The van der Waals surface area contributed by atoms with Crippen LogP contribution >= 0.6 is 23.1 Å². The van der Waals surface area contributed by atoms with Crippen molar-refractivity contribution < 1.29 is 4.42 Å². The summed E-state index contributed by atoms with van der Waals surface area (Å²) in [6.45, 7) is 6.11. The molecule has 0 aliphatic carbocycles. The maximum absolute atomic E-state index is 5.78. The summed E-state index contributed by atoms with van der Waals surface area (Å²) < 4.78 is 6.71. The first kappa shape index (κ1) is 16.0. The summed E-state index contributed by atoms with van der Waals surface area (Å²) in [5.74, 6) is 2.23. The maximum Gasteiger partial charge on any atom is 0.226 e. The van der Waals surface area contributed by atoms with E-state index in [2.05, 4.69) is 34.3 Å². The van der Waals surface area contributed by atoms with E-state index in [0.717, 1.165) is 32.2 Å². The van der Waals surface area contributed by atoms with Crippen molar-refractivity contribution in [1.29, 1.82) is 0 Å². The van der Waals surface area contributed by atoms with Gasteiger partial charge in [-0.05, 0) is 32.9 Å². The minimum atomic E-state index is 0.354. The first-order chi connectivity index (χ1) is 11.1. The zero-order chi connectivity index (χ0) is 16.2.